The van der Waals surface area contributed by atoms with Crippen LogP contribution in [0.1, 0.15) is 15.9 Å². The van der Waals surface area contributed by atoms with Crippen LogP contribution in [0.15, 0.2) is 18.2 Å². The largest absolute Gasteiger partial charge is 0.305 e. The topological polar surface area (TPSA) is 63.5 Å². The molecule has 0 aliphatic carbocycles. The summed E-state index contributed by atoms with van der Waals surface area (Å²) in [7, 11) is 3.67. The predicted octanol–water partition coefficient (Wildman–Crippen LogP) is 2.23. The molecule has 92 valence electrons. The summed E-state index contributed by atoms with van der Waals surface area (Å²) in [6.45, 7) is 0.471. The van der Waals surface area contributed by atoms with E-state index in [1.807, 2.05) is 19.0 Å². The number of nitrogens with zero attached hydrogens (tertiary/aromatic N) is 2. The Balaban J connectivity index is 3.17. The Kier molecular flexibility index (Phi) is 4.77. The van der Waals surface area contributed by atoms with Crippen LogP contribution in [0.2, 0.25) is 0 Å². The molecular formula is C11H13BrN2O3. The van der Waals surface area contributed by atoms with Gasteiger partial charge in [0.1, 0.15) is 0 Å². The van der Waals surface area contributed by atoms with Crippen LogP contribution < -0.4 is 0 Å². The van der Waals surface area contributed by atoms with Crippen LogP contribution >= 0.6 is 15.9 Å². The van der Waals surface area contributed by atoms with Gasteiger partial charge in [0.2, 0.25) is 0 Å². The highest BCUT2D eigenvalue weighted by atomic mass is 79.9. The van der Waals surface area contributed by atoms with Gasteiger partial charge in [0.25, 0.3) is 5.69 Å². The van der Waals surface area contributed by atoms with Crippen molar-refractivity contribution < 1.29 is 9.72 Å². The Morgan fingerprint density at radius 1 is 1.47 bits per heavy atom. The quantitative estimate of drug-likeness (QED) is 0.362. The molecule has 0 amide bonds. The Morgan fingerprint density at radius 2 is 2.12 bits per heavy atom. The standard InChI is InChI=1S/C11H13BrN2O3/c1-13(2)7-9-4-3-8(11(15)6-12)5-10(9)14(16)17/h3-5H,6-7H2,1-2H3. The lowest BCUT2D eigenvalue weighted by Gasteiger charge is -2.10. The first-order valence-corrected chi connectivity index (χ1v) is 6.09. The third-order valence-corrected chi connectivity index (χ3v) is 2.72. The summed E-state index contributed by atoms with van der Waals surface area (Å²) in [5, 5.41) is 11.1. The zero-order chi connectivity index (χ0) is 13.0. The van der Waals surface area contributed by atoms with Gasteiger partial charge in [-0.15, -0.1) is 0 Å². The van der Waals surface area contributed by atoms with Crippen LogP contribution in [0.4, 0.5) is 5.69 Å². The fourth-order valence-electron chi connectivity index (χ4n) is 1.46. The van der Waals surface area contributed by atoms with Crippen LogP contribution in [0.5, 0.6) is 0 Å². The molecule has 0 bridgehead atoms. The Bertz CT molecular complexity index is 446. The normalized spacial score (nSPS) is 10.6. The molecule has 0 aliphatic rings. The number of ketones is 1. The first-order valence-electron chi connectivity index (χ1n) is 4.97. The van der Waals surface area contributed by atoms with Crippen molar-refractivity contribution >= 4 is 27.4 Å². The van der Waals surface area contributed by atoms with Crippen molar-refractivity contribution in [1.82, 2.24) is 4.90 Å². The number of carbonyl (C=O) groups is 1. The summed E-state index contributed by atoms with van der Waals surface area (Å²) < 4.78 is 0. The van der Waals surface area contributed by atoms with Gasteiger partial charge in [-0.1, -0.05) is 28.1 Å². The summed E-state index contributed by atoms with van der Waals surface area (Å²) in [5.74, 6) is -0.162. The number of alkyl halides is 1. The van der Waals surface area contributed by atoms with Crippen molar-refractivity contribution in [3.05, 3.63) is 39.4 Å². The summed E-state index contributed by atoms with van der Waals surface area (Å²) in [6.07, 6.45) is 0. The van der Waals surface area contributed by atoms with Gasteiger partial charge in [-0.25, -0.2) is 0 Å². The van der Waals surface area contributed by atoms with Gasteiger partial charge in [-0.3, -0.25) is 14.9 Å². The molecule has 0 saturated heterocycles. The molecule has 0 aliphatic heterocycles. The lowest BCUT2D eigenvalue weighted by atomic mass is 10.1. The molecule has 0 heterocycles. The number of halogens is 1. The molecule has 0 spiro atoms. The summed E-state index contributed by atoms with van der Waals surface area (Å²) in [4.78, 5) is 23.8. The zero-order valence-electron chi connectivity index (χ0n) is 9.64. The van der Waals surface area contributed by atoms with Crippen molar-refractivity contribution in [3.63, 3.8) is 0 Å². The van der Waals surface area contributed by atoms with Gasteiger partial charge in [-0.2, -0.15) is 0 Å². The minimum Gasteiger partial charge on any atom is -0.305 e. The lowest BCUT2D eigenvalue weighted by molar-refractivity contribution is -0.385. The fraction of sp³-hybridized carbons (Fsp3) is 0.364. The average molecular weight is 301 g/mol. The van der Waals surface area contributed by atoms with Gasteiger partial charge >= 0.3 is 0 Å². The molecule has 17 heavy (non-hydrogen) atoms. The van der Waals surface area contributed by atoms with Crippen molar-refractivity contribution in [1.29, 1.82) is 0 Å². The lowest BCUT2D eigenvalue weighted by Crippen LogP contribution is -2.13. The second kappa shape index (κ2) is 5.88. The number of hydrogen-bond acceptors (Lipinski definition) is 4. The van der Waals surface area contributed by atoms with Gasteiger partial charge in [0.15, 0.2) is 5.78 Å². The maximum atomic E-state index is 11.4. The number of hydrogen-bond donors (Lipinski definition) is 0. The van der Waals surface area contributed by atoms with E-state index >= 15 is 0 Å². The van der Waals surface area contributed by atoms with Crippen LogP contribution in [-0.4, -0.2) is 35.0 Å². The maximum absolute atomic E-state index is 11.4. The average Bonchev–Trinajstić information content (AvgIpc) is 2.27. The van der Waals surface area contributed by atoms with E-state index in [1.54, 1.807) is 12.1 Å². The number of nitro benzene ring substituents is 1. The molecule has 0 saturated carbocycles. The third kappa shape index (κ3) is 3.61. The van der Waals surface area contributed by atoms with Crippen LogP contribution in [0, 0.1) is 10.1 Å². The monoisotopic (exact) mass is 300 g/mol. The van der Waals surface area contributed by atoms with Gasteiger partial charge in [-0.05, 0) is 14.1 Å². The Hall–Kier alpha value is -1.27. The van der Waals surface area contributed by atoms with E-state index < -0.39 is 4.92 Å². The van der Waals surface area contributed by atoms with E-state index in [9.17, 15) is 14.9 Å². The van der Waals surface area contributed by atoms with Crippen molar-refractivity contribution in [2.24, 2.45) is 0 Å². The molecular weight excluding hydrogens is 288 g/mol. The van der Waals surface area contributed by atoms with E-state index in [1.165, 1.54) is 6.07 Å². The molecule has 0 unspecified atom stereocenters. The van der Waals surface area contributed by atoms with Crippen molar-refractivity contribution in [3.8, 4) is 0 Å². The molecule has 1 rings (SSSR count). The maximum Gasteiger partial charge on any atom is 0.274 e. The van der Waals surface area contributed by atoms with E-state index in [0.29, 0.717) is 17.7 Å². The highest BCUT2D eigenvalue weighted by Gasteiger charge is 2.17. The second-order valence-corrected chi connectivity index (χ2v) is 4.46. The van der Waals surface area contributed by atoms with Gasteiger partial charge in [0.05, 0.1) is 10.3 Å². The molecule has 0 N–H and O–H groups in total. The van der Waals surface area contributed by atoms with Crippen molar-refractivity contribution in [2.45, 2.75) is 6.54 Å². The minimum absolute atomic E-state index is 0.00880. The molecule has 0 atom stereocenters. The molecule has 1 aromatic rings. The summed E-state index contributed by atoms with van der Waals surface area (Å²) >= 11 is 3.04. The first kappa shape index (κ1) is 13.8. The van der Waals surface area contributed by atoms with Gasteiger partial charge < -0.3 is 4.90 Å². The summed E-state index contributed by atoms with van der Waals surface area (Å²) in [5.41, 5.74) is 0.952. The minimum atomic E-state index is -0.455. The van der Waals surface area contributed by atoms with Crippen LogP contribution in [-0.2, 0) is 6.54 Å². The number of benzene rings is 1. The van der Waals surface area contributed by atoms with Crippen LogP contribution in [0.25, 0.3) is 0 Å². The summed E-state index contributed by atoms with van der Waals surface area (Å²) in [6, 6.07) is 4.59. The molecule has 0 fully saturated rings. The SMILES string of the molecule is CN(C)Cc1ccc(C(=O)CBr)cc1[N+](=O)[O-]. The third-order valence-electron chi connectivity index (χ3n) is 2.21. The fourth-order valence-corrected chi connectivity index (χ4v) is 1.78. The molecule has 0 radical (unpaired) electrons. The number of nitro groups is 1. The first-order chi connectivity index (χ1) is 7.95. The van der Waals surface area contributed by atoms with E-state index in [4.69, 9.17) is 0 Å². The molecule has 5 nitrogen and oxygen atoms in total. The van der Waals surface area contributed by atoms with E-state index in [-0.39, 0.29) is 16.8 Å². The molecule has 0 aromatic heterocycles. The Labute approximate surface area is 108 Å². The highest BCUT2D eigenvalue weighted by Crippen LogP contribution is 2.22. The number of rotatable bonds is 5. The van der Waals surface area contributed by atoms with Crippen LogP contribution in [0.3, 0.4) is 0 Å². The smallest absolute Gasteiger partial charge is 0.274 e. The van der Waals surface area contributed by atoms with E-state index in [2.05, 4.69) is 15.9 Å². The predicted molar refractivity (Wildman–Crippen MR) is 68.6 cm³/mol. The second-order valence-electron chi connectivity index (χ2n) is 3.90. The molecule has 6 heteroatoms. The van der Waals surface area contributed by atoms with E-state index in [0.717, 1.165) is 0 Å². The number of Topliss-reactive ketones (excluding diaryl/α,β-unsaturated/α-hetero) is 1. The van der Waals surface area contributed by atoms with Gasteiger partial charge in [0, 0.05) is 23.7 Å². The highest BCUT2D eigenvalue weighted by molar-refractivity contribution is 9.09. The zero-order valence-corrected chi connectivity index (χ0v) is 11.2. The number of carbonyl (C=O) groups excluding carboxylic acids is 1. The van der Waals surface area contributed by atoms with Crippen molar-refractivity contribution in [2.75, 3.05) is 19.4 Å². The molecule has 1 aromatic carbocycles. The Morgan fingerprint density at radius 3 is 2.59 bits per heavy atom.